The van der Waals surface area contributed by atoms with Gasteiger partial charge in [-0.1, -0.05) is 11.2 Å². The van der Waals surface area contributed by atoms with E-state index in [-0.39, 0.29) is 49.8 Å². The highest BCUT2D eigenvalue weighted by molar-refractivity contribution is 7.89. The van der Waals surface area contributed by atoms with Gasteiger partial charge in [-0.2, -0.15) is 5.26 Å². The summed E-state index contributed by atoms with van der Waals surface area (Å²) >= 11 is 0. The monoisotopic (exact) mass is 533 g/mol. The lowest BCUT2D eigenvalue weighted by Gasteiger charge is -2.13. The summed E-state index contributed by atoms with van der Waals surface area (Å²) in [6, 6.07) is 12.9. The first-order valence-corrected chi connectivity index (χ1v) is 12.4. The Morgan fingerprint density at radius 2 is 1.79 bits per heavy atom. The maximum Gasteiger partial charge on any atom is 0.337 e. The summed E-state index contributed by atoms with van der Waals surface area (Å²) in [5.41, 5.74) is 1.23. The molecule has 0 saturated carbocycles. The zero-order valence-corrected chi connectivity index (χ0v) is 20.7. The Kier molecular flexibility index (Phi) is 6.69. The molecule has 4 rings (SSSR count). The Hall–Kier alpha value is -5.06. The third-order valence-corrected chi connectivity index (χ3v) is 6.51. The lowest BCUT2D eigenvalue weighted by Crippen LogP contribution is -2.16. The molecule has 1 aromatic heterocycles. The van der Waals surface area contributed by atoms with Gasteiger partial charge >= 0.3 is 5.97 Å². The number of primary sulfonamides is 1. The molecule has 0 atom stereocenters. The van der Waals surface area contributed by atoms with Gasteiger partial charge in [0.15, 0.2) is 11.3 Å². The number of carboxylic acids is 1. The van der Waals surface area contributed by atoms with Crippen LogP contribution in [0, 0.1) is 18.3 Å². The second-order valence-corrected chi connectivity index (χ2v) is 9.79. The minimum absolute atomic E-state index is 0.0216. The van der Waals surface area contributed by atoms with Crippen molar-refractivity contribution >= 4 is 50.2 Å². The van der Waals surface area contributed by atoms with E-state index in [2.05, 4.69) is 15.8 Å². The molecule has 5 N–H and O–H groups in total. The van der Waals surface area contributed by atoms with E-state index < -0.39 is 21.9 Å². The fourth-order valence-electron chi connectivity index (χ4n) is 3.90. The van der Waals surface area contributed by atoms with E-state index in [9.17, 15) is 27.9 Å². The van der Waals surface area contributed by atoms with Crippen LogP contribution in [-0.2, 0) is 14.8 Å². The van der Waals surface area contributed by atoms with Crippen molar-refractivity contribution < 1.29 is 32.4 Å². The summed E-state index contributed by atoms with van der Waals surface area (Å²) in [7, 11) is -4.30. The second-order valence-electron chi connectivity index (χ2n) is 8.26. The number of nitriles is 1. The van der Waals surface area contributed by atoms with E-state index in [4.69, 9.17) is 14.9 Å². The van der Waals surface area contributed by atoms with Crippen molar-refractivity contribution in [3.05, 3.63) is 70.9 Å². The lowest BCUT2D eigenvalue weighted by molar-refractivity contribution is -0.114. The number of aryl methyl sites for hydroxylation is 1. The Morgan fingerprint density at radius 1 is 1.05 bits per heavy atom. The highest BCUT2D eigenvalue weighted by Gasteiger charge is 2.25. The van der Waals surface area contributed by atoms with Crippen LogP contribution in [0.2, 0.25) is 0 Å². The first kappa shape index (κ1) is 26.0. The maximum absolute atomic E-state index is 13.0. The van der Waals surface area contributed by atoms with Crippen molar-refractivity contribution in [2.24, 2.45) is 5.14 Å². The molecule has 0 spiro atoms. The van der Waals surface area contributed by atoms with Crippen molar-refractivity contribution in [1.82, 2.24) is 5.16 Å². The molecule has 3 aromatic carbocycles. The third-order valence-electron chi connectivity index (χ3n) is 5.56. The Morgan fingerprint density at radius 3 is 2.39 bits per heavy atom. The minimum Gasteiger partial charge on any atom is -0.478 e. The number of carbonyl (C=O) groups excluding carboxylic acids is 2. The Bertz CT molecular complexity index is 1800. The number of fused-ring (bicyclic) bond motifs is 1. The molecule has 0 saturated heterocycles. The van der Waals surface area contributed by atoms with Crippen molar-refractivity contribution in [3.63, 3.8) is 0 Å². The van der Waals surface area contributed by atoms with Gasteiger partial charge in [-0.15, -0.1) is 0 Å². The van der Waals surface area contributed by atoms with Crippen molar-refractivity contribution in [1.29, 1.82) is 5.26 Å². The van der Waals surface area contributed by atoms with E-state index in [1.165, 1.54) is 25.1 Å². The first-order valence-electron chi connectivity index (χ1n) is 10.8. The normalized spacial score (nSPS) is 11.1. The summed E-state index contributed by atoms with van der Waals surface area (Å²) < 4.78 is 30.4. The van der Waals surface area contributed by atoms with E-state index in [1.54, 1.807) is 25.1 Å². The molecule has 192 valence electrons. The number of sulfonamides is 1. The number of benzene rings is 3. The number of nitrogens with one attached hydrogen (secondary N) is 2. The summed E-state index contributed by atoms with van der Waals surface area (Å²) in [6.45, 7) is 3.08. The van der Waals surface area contributed by atoms with Crippen LogP contribution in [0.4, 0.5) is 11.4 Å². The average Bonchev–Trinajstić information content (AvgIpc) is 3.26. The van der Waals surface area contributed by atoms with Crippen molar-refractivity contribution in [2.45, 2.75) is 18.7 Å². The van der Waals surface area contributed by atoms with Crippen LogP contribution in [0.1, 0.15) is 38.9 Å². The molecule has 12 nitrogen and oxygen atoms in total. The summed E-state index contributed by atoms with van der Waals surface area (Å²) in [5, 5.41) is 32.8. The number of nitrogens with two attached hydrogens (primary N) is 1. The first-order chi connectivity index (χ1) is 17.9. The van der Waals surface area contributed by atoms with Gasteiger partial charge in [-0.25, -0.2) is 18.4 Å². The van der Waals surface area contributed by atoms with Crippen LogP contribution < -0.4 is 15.8 Å². The van der Waals surface area contributed by atoms with E-state index in [1.807, 2.05) is 6.07 Å². The molecule has 0 bridgehead atoms. The molecular formula is C25H19N5O7S. The molecule has 0 aliphatic heterocycles. The van der Waals surface area contributed by atoms with Crippen LogP contribution >= 0.6 is 0 Å². The number of carbonyl (C=O) groups is 3. The number of hydrogen-bond acceptors (Lipinski definition) is 8. The second kappa shape index (κ2) is 9.77. The molecule has 4 aromatic rings. The van der Waals surface area contributed by atoms with E-state index >= 15 is 0 Å². The van der Waals surface area contributed by atoms with Crippen LogP contribution in [0.15, 0.2) is 57.9 Å². The van der Waals surface area contributed by atoms with Gasteiger partial charge < -0.3 is 20.3 Å². The zero-order valence-electron chi connectivity index (χ0n) is 19.9. The fourth-order valence-corrected chi connectivity index (χ4v) is 4.66. The summed E-state index contributed by atoms with van der Waals surface area (Å²) in [6.07, 6.45) is 0. The fraction of sp³-hybridized carbons (Fsp3) is 0.0800. The SMILES string of the molecule is CC(=O)Nc1ccc(-c2cc3onc(C(=O)Nc4ccc(C#N)cc4C(=O)O)c3cc2S(N)(=O)=O)c(C)c1. The van der Waals surface area contributed by atoms with Crippen molar-refractivity contribution in [3.8, 4) is 17.2 Å². The summed E-state index contributed by atoms with van der Waals surface area (Å²) in [5.74, 6) is -2.52. The van der Waals surface area contributed by atoms with Gasteiger partial charge in [0.25, 0.3) is 5.91 Å². The number of aromatic nitrogens is 1. The van der Waals surface area contributed by atoms with Gasteiger partial charge in [0.1, 0.15) is 0 Å². The number of amides is 2. The van der Waals surface area contributed by atoms with Gasteiger partial charge in [0, 0.05) is 18.2 Å². The maximum atomic E-state index is 13.0. The minimum atomic E-state index is -4.30. The van der Waals surface area contributed by atoms with E-state index in [0.29, 0.717) is 16.8 Å². The van der Waals surface area contributed by atoms with Crippen LogP contribution in [0.3, 0.4) is 0 Å². The highest BCUT2D eigenvalue weighted by atomic mass is 32.2. The number of carboxylic acid groups (broad SMARTS) is 1. The lowest BCUT2D eigenvalue weighted by atomic mass is 9.98. The molecule has 0 aliphatic carbocycles. The summed E-state index contributed by atoms with van der Waals surface area (Å²) in [4.78, 5) is 35.7. The Balaban J connectivity index is 1.81. The molecule has 0 aliphatic rings. The Labute approximate surface area is 215 Å². The van der Waals surface area contributed by atoms with E-state index in [0.717, 1.165) is 12.1 Å². The third kappa shape index (κ3) is 5.07. The predicted octanol–water partition coefficient (Wildman–Crippen LogP) is 3.23. The smallest absolute Gasteiger partial charge is 0.337 e. The molecule has 38 heavy (non-hydrogen) atoms. The number of anilines is 2. The predicted molar refractivity (Wildman–Crippen MR) is 136 cm³/mol. The van der Waals surface area contributed by atoms with Crippen LogP contribution in [0.25, 0.3) is 22.1 Å². The standard InChI is InChI=1S/C25H19N5O7S/c1-12-7-15(28-13(2)31)4-5-16(12)17-9-21-19(10-22(17)38(27,35)36)23(30-37-21)24(32)29-20-6-3-14(11-26)8-18(20)25(33)34/h3-10H,1-2H3,(H,28,31)(H,29,32)(H,33,34)(H2,27,35,36). The molecule has 0 fully saturated rings. The van der Waals surface area contributed by atoms with Gasteiger partial charge in [-0.3, -0.25) is 9.59 Å². The molecule has 0 unspecified atom stereocenters. The number of nitrogens with zero attached hydrogens (tertiary/aromatic N) is 2. The zero-order chi connectivity index (χ0) is 27.8. The van der Waals surface area contributed by atoms with Gasteiger partial charge in [-0.05, 0) is 60.5 Å². The van der Waals surface area contributed by atoms with Gasteiger partial charge in [0.2, 0.25) is 15.9 Å². The van der Waals surface area contributed by atoms with Crippen LogP contribution in [0.5, 0.6) is 0 Å². The largest absolute Gasteiger partial charge is 0.478 e. The highest BCUT2D eigenvalue weighted by Crippen LogP contribution is 2.35. The van der Waals surface area contributed by atoms with Crippen molar-refractivity contribution in [2.75, 3.05) is 10.6 Å². The van der Waals surface area contributed by atoms with Crippen LogP contribution in [-0.4, -0.2) is 36.5 Å². The average molecular weight is 534 g/mol. The molecule has 13 heteroatoms. The quantitative estimate of drug-likeness (QED) is 0.286. The number of rotatable bonds is 6. The molecular weight excluding hydrogens is 514 g/mol. The topological polar surface area (TPSA) is 205 Å². The number of aromatic carboxylic acids is 1. The molecule has 0 radical (unpaired) electrons. The molecule has 1 heterocycles. The van der Waals surface area contributed by atoms with Gasteiger partial charge in [0.05, 0.1) is 33.2 Å². The number of hydrogen-bond donors (Lipinski definition) is 4. The molecule has 2 amide bonds.